The number of carbonyl (C=O) groups is 1. The van der Waals surface area contributed by atoms with E-state index >= 15 is 0 Å². The smallest absolute Gasteiger partial charge is 0.223 e. The number of hydrogen-bond donors (Lipinski definition) is 0. The van der Waals surface area contributed by atoms with Crippen LogP contribution in [0.25, 0.3) is 0 Å². The zero-order valence-electron chi connectivity index (χ0n) is 14.0. The van der Waals surface area contributed by atoms with E-state index in [1.54, 1.807) is 0 Å². The number of hydrogen-bond acceptors (Lipinski definition) is 3. The molecule has 122 valence electrons. The second kappa shape index (κ2) is 6.41. The van der Waals surface area contributed by atoms with Crippen LogP contribution in [-0.2, 0) is 16.6 Å². The minimum Gasteiger partial charge on any atom is -0.378 e. The van der Waals surface area contributed by atoms with Gasteiger partial charge in [-0.2, -0.15) is 5.10 Å². The molecule has 2 atom stereocenters. The van der Waals surface area contributed by atoms with Crippen LogP contribution < -0.4 is 0 Å². The first kappa shape index (κ1) is 15.5. The molecule has 0 bridgehead atoms. The molecule has 2 fully saturated rings. The van der Waals surface area contributed by atoms with Crippen LogP contribution in [0.15, 0.2) is 0 Å². The van der Waals surface area contributed by atoms with Crippen molar-refractivity contribution in [3.05, 3.63) is 17.0 Å². The molecule has 2 aliphatic rings. The summed E-state index contributed by atoms with van der Waals surface area (Å²) in [7, 11) is 1.98. The second-order valence-corrected chi connectivity index (χ2v) is 6.63. The van der Waals surface area contributed by atoms with Gasteiger partial charge in [-0.3, -0.25) is 9.48 Å². The van der Waals surface area contributed by atoms with Gasteiger partial charge in [0.05, 0.1) is 17.8 Å². The number of rotatable bonds is 4. The van der Waals surface area contributed by atoms with Crippen LogP contribution in [0.3, 0.4) is 0 Å². The molecule has 3 heterocycles. The van der Waals surface area contributed by atoms with Gasteiger partial charge in [0.25, 0.3) is 0 Å². The molecular formula is C17H27N3O2. The third-order valence-corrected chi connectivity index (χ3v) is 5.18. The van der Waals surface area contributed by atoms with Crippen LogP contribution >= 0.6 is 0 Å². The van der Waals surface area contributed by atoms with E-state index in [2.05, 4.69) is 23.8 Å². The average molecular weight is 305 g/mol. The lowest BCUT2D eigenvalue weighted by molar-refractivity contribution is -0.132. The molecule has 5 nitrogen and oxygen atoms in total. The molecule has 22 heavy (non-hydrogen) atoms. The maximum absolute atomic E-state index is 12.7. The molecule has 3 rings (SSSR count). The number of aromatic nitrogens is 2. The van der Waals surface area contributed by atoms with Crippen molar-refractivity contribution < 1.29 is 9.53 Å². The fourth-order valence-corrected chi connectivity index (χ4v) is 3.94. The average Bonchev–Trinajstić information content (AvgIpc) is 3.19. The molecule has 1 aromatic heterocycles. The molecule has 1 aromatic rings. The summed E-state index contributed by atoms with van der Waals surface area (Å²) in [5.74, 6) is 0.278. The van der Waals surface area contributed by atoms with E-state index in [4.69, 9.17) is 4.74 Å². The normalized spacial score (nSPS) is 25.1. The largest absolute Gasteiger partial charge is 0.378 e. The Hall–Kier alpha value is -1.36. The first-order valence-electron chi connectivity index (χ1n) is 8.49. The number of nitrogens with zero attached hydrogens (tertiary/aromatic N) is 3. The Labute approximate surface area is 132 Å². The van der Waals surface area contributed by atoms with Crippen LogP contribution in [0.2, 0.25) is 0 Å². The monoisotopic (exact) mass is 305 g/mol. The van der Waals surface area contributed by atoms with Crippen molar-refractivity contribution in [1.29, 1.82) is 0 Å². The maximum atomic E-state index is 12.7. The minimum atomic E-state index is 0.214. The first-order valence-corrected chi connectivity index (χ1v) is 8.49. The van der Waals surface area contributed by atoms with Gasteiger partial charge in [-0.1, -0.05) is 0 Å². The van der Waals surface area contributed by atoms with Crippen molar-refractivity contribution in [2.24, 2.45) is 7.05 Å². The van der Waals surface area contributed by atoms with Crippen molar-refractivity contribution >= 4 is 5.91 Å². The Kier molecular flexibility index (Phi) is 4.52. The molecule has 0 radical (unpaired) electrons. The van der Waals surface area contributed by atoms with Crippen LogP contribution in [0.1, 0.15) is 61.5 Å². The summed E-state index contributed by atoms with van der Waals surface area (Å²) in [4.78, 5) is 14.7. The standard InChI is InChI=1S/C17H27N3O2/c1-12-17(13(2)19(3)18-12)15-7-4-10-20(15)16(21)9-8-14-6-5-11-22-14/h14-15H,4-11H2,1-3H3/t14-,15+/m0/s1. The Morgan fingerprint density at radius 2 is 2.14 bits per heavy atom. The zero-order valence-corrected chi connectivity index (χ0v) is 14.0. The Bertz CT molecular complexity index is 546. The second-order valence-electron chi connectivity index (χ2n) is 6.63. The van der Waals surface area contributed by atoms with E-state index in [1.807, 2.05) is 11.7 Å². The fourth-order valence-electron chi connectivity index (χ4n) is 3.94. The van der Waals surface area contributed by atoms with Gasteiger partial charge < -0.3 is 9.64 Å². The van der Waals surface area contributed by atoms with Crippen LogP contribution in [-0.4, -0.2) is 39.8 Å². The summed E-state index contributed by atoms with van der Waals surface area (Å²) in [6, 6.07) is 0.214. The van der Waals surface area contributed by atoms with E-state index in [0.717, 1.165) is 50.9 Å². The minimum absolute atomic E-state index is 0.214. The van der Waals surface area contributed by atoms with E-state index < -0.39 is 0 Å². The third kappa shape index (κ3) is 2.91. The lowest BCUT2D eigenvalue weighted by Gasteiger charge is -2.26. The summed E-state index contributed by atoms with van der Waals surface area (Å²) >= 11 is 0. The molecule has 2 saturated heterocycles. The van der Waals surface area contributed by atoms with Crippen LogP contribution in [0.5, 0.6) is 0 Å². The highest BCUT2D eigenvalue weighted by Gasteiger charge is 2.33. The SMILES string of the molecule is Cc1nn(C)c(C)c1[C@H]1CCCN1C(=O)CC[C@@H]1CCCO1. The topological polar surface area (TPSA) is 47.4 Å². The van der Waals surface area contributed by atoms with Crippen molar-refractivity contribution in [3.63, 3.8) is 0 Å². The molecule has 0 spiro atoms. The number of ether oxygens (including phenoxy) is 1. The van der Waals surface area contributed by atoms with Gasteiger partial charge >= 0.3 is 0 Å². The molecule has 0 aliphatic carbocycles. The maximum Gasteiger partial charge on any atom is 0.223 e. The molecule has 2 aliphatic heterocycles. The first-order chi connectivity index (χ1) is 10.6. The Morgan fingerprint density at radius 3 is 2.77 bits per heavy atom. The molecule has 0 N–H and O–H groups in total. The molecule has 5 heteroatoms. The Balaban J connectivity index is 1.68. The molecule has 1 amide bonds. The highest BCUT2D eigenvalue weighted by Crippen LogP contribution is 2.36. The van der Waals surface area contributed by atoms with Gasteiger partial charge in [0.1, 0.15) is 0 Å². The van der Waals surface area contributed by atoms with E-state index in [0.29, 0.717) is 12.5 Å². The third-order valence-electron chi connectivity index (χ3n) is 5.18. The highest BCUT2D eigenvalue weighted by molar-refractivity contribution is 5.77. The number of aryl methyl sites for hydroxylation is 2. The number of amides is 1. The summed E-state index contributed by atoms with van der Waals surface area (Å²) < 4.78 is 7.56. The molecular weight excluding hydrogens is 278 g/mol. The van der Waals surface area contributed by atoms with Crippen molar-refractivity contribution in [1.82, 2.24) is 14.7 Å². The van der Waals surface area contributed by atoms with Crippen LogP contribution in [0.4, 0.5) is 0 Å². The van der Waals surface area contributed by atoms with Crippen molar-refractivity contribution in [2.45, 2.75) is 64.5 Å². The van der Waals surface area contributed by atoms with Gasteiger partial charge in [0.15, 0.2) is 0 Å². The molecule has 0 saturated carbocycles. The van der Waals surface area contributed by atoms with Crippen molar-refractivity contribution in [3.8, 4) is 0 Å². The lowest BCUT2D eigenvalue weighted by atomic mass is 10.0. The van der Waals surface area contributed by atoms with Gasteiger partial charge in [-0.25, -0.2) is 0 Å². The predicted molar refractivity (Wildman–Crippen MR) is 84.6 cm³/mol. The Morgan fingerprint density at radius 1 is 1.32 bits per heavy atom. The highest BCUT2D eigenvalue weighted by atomic mass is 16.5. The lowest BCUT2D eigenvalue weighted by Crippen LogP contribution is -2.31. The summed E-state index contributed by atoms with van der Waals surface area (Å²) in [5, 5.41) is 4.52. The van der Waals surface area contributed by atoms with Crippen molar-refractivity contribution in [2.75, 3.05) is 13.2 Å². The fraction of sp³-hybridized carbons (Fsp3) is 0.765. The molecule has 0 aromatic carbocycles. The predicted octanol–water partition coefficient (Wildman–Crippen LogP) is 2.66. The zero-order chi connectivity index (χ0) is 15.7. The van der Waals surface area contributed by atoms with E-state index in [9.17, 15) is 4.79 Å². The van der Waals surface area contributed by atoms with E-state index in [-0.39, 0.29) is 11.9 Å². The molecule has 0 unspecified atom stereocenters. The summed E-state index contributed by atoms with van der Waals surface area (Å²) in [5.41, 5.74) is 3.50. The summed E-state index contributed by atoms with van der Waals surface area (Å²) in [6.45, 7) is 5.89. The number of carbonyl (C=O) groups excluding carboxylic acids is 1. The van der Waals surface area contributed by atoms with E-state index in [1.165, 1.54) is 11.3 Å². The quantitative estimate of drug-likeness (QED) is 0.859. The van der Waals surface area contributed by atoms with Crippen LogP contribution in [0, 0.1) is 13.8 Å². The van der Waals surface area contributed by atoms with Gasteiger partial charge in [-0.05, 0) is 46.0 Å². The summed E-state index contributed by atoms with van der Waals surface area (Å²) in [6.07, 6.45) is 6.17. The van der Waals surface area contributed by atoms with Gasteiger partial charge in [-0.15, -0.1) is 0 Å². The van der Waals surface area contributed by atoms with Gasteiger partial charge in [0, 0.05) is 37.9 Å². The van der Waals surface area contributed by atoms with Gasteiger partial charge in [0.2, 0.25) is 5.91 Å². The number of likely N-dealkylation sites (tertiary alicyclic amines) is 1.